The fraction of sp³-hybridized carbons (Fsp3) is 0.571. The molecule has 26 heavy (non-hydrogen) atoms. The van der Waals surface area contributed by atoms with E-state index in [1.54, 1.807) is 17.0 Å². The first-order valence-electron chi connectivity index (χ1n) is 9.79. The number of fused-ring (bicyclic) bond motifs is 1. The van der Waals surface area contributed by atoms with Gasteiger partial charge in [0.05, 0.1) is 17.2 Å². The molecule has 0 saturated heterocycles. The fourth-order valence-corrected chi connectivity index (χ4v) is 3.02. The number of nitrogens with one attached hydrogen (secondary N) is 1. The summed E-state index contributed by atoms with van der Waals surface area (Å²) in [6, 6.07) is 7.33. The van der Waals surface area contributed by atoms with E-state index in [2.05, 4.69) is 24.1 Å². The number of aryl methyl sites for hydroxylation is 1. The Kier molecular flexibility index (Phi) is 8.32. The first-order chi connectivity index (χ1) is 12.6. The van der Waals surface area contributed by atoms with Crippen LogP contribution in [0.1, 0.15) is 58.8 Å². The van der Waals surface area contributed by atoms with Crippen molar-refractivity contribution >= 4 is 16.8 Å². The highest BCUT2D eigenvalue weighted by Crippen LogP contribution is 2.09. The van der Waals surface area contributed by atoms with Gasteiger partial charge < -0.3 is 5.32 Å². The molecule has 1 heterocycles. The smallest absolute Gasteiger partial charge is 0.261 e. The second kappa shape index (κ2) is 10.7. The van der Waals surface area contributed by atoms with E-state index in [4.69, 9.17) is 0 Å². The number of hydrogen-bond donors (Lipinski definition) is 1. The number of aromatic nitrogens is 2. The average molecular weight is 357 g/mol. The van der Waals surface area contributed by atoms with Crippen LogP contribution in [0.2, 0.25) is 0 Å². The molecule has 5 nitrogen and oxygen atoms in total. The second-order valence-electron chi connectivity index (χ2n) is 7.31. The fourth-order valence-electron chi connectivity index (χ4n) is 3.02. The zero-order chi connectivity index (χ0) is 18.8. The van der Waals surface area contributed by atoms with Gasteiger partial charge in [0.25, 0.3) is 5.56 Å². The molecule has 0 aliphatic rings. The van der Waals surface area contributed by atoms with Gasteiger partial charge >= 0.3 is 0 Å². The molecular weight excluding hydrogens is 326 g/mol. The zero-order valence-corrected chi connectivity index (χ0v) is 16.0. The lowest BCUT2D eigenvalue weighted by atomic mass is 10.0. The highest BCUT2D eigenvalue weighted by molar-refractivity contribution is 5.77. The Morgan fingerprint density at radius 2 is 1.88 bits per heavy atom. The molecule has 0 fully saturated rings. The molecule has 142 valence electrons. The maximum atomic E-state index is 12.4. The van der Waals surface area contributed by atoms with Gasteiger partial charge in [0.1, 0.15) is 0 Å². The van der Waals surface area contributed by atoms with E-state index >= 15 is 0 Å². The van der Waals surface area contributed by atoms with Crippen LogP contribution >= 0.6 is 0 Å². The molecular formula is C21H31N3O2. The molecule has 0 aliphatic carbocycles. The highest BCUT2D eigenvalue weighted by Gasteiger charge is 2.05. The van der Waals surface area contributed by atoms with Crippen molar-refractivity contribution in [1.29, 1.82) is 0 Å². The normalized spacial score (nSPS) is 11.2. The van der Waals surface area contributed by atoms with Crippen LogP contribution in [0.15, 0.2) is 35.4 Å². The minimum absolute atomic E-state index is 0.0441. The number of carbonyl (C=O) groups is 1. The third-order valence-corrected chi connectivity index (χ3v) is 4.56. The Morgan fingerprint density at radius 3 is 2.69 bits per heavy atom. The third kappa shape index (κ3) is 6.62. The molecule has 1 aromatic heterocycles. The molecule has 1 amide bonds. The number of hydrogen-bond acceptors (Lipinski definition) is 3. The zero-order valence-electron chi connectivity index (χ0n) is 16.0. The molecule has 2 rings (SSSR count). The summed E-state index contributed by atoms with van der Waals surface area (Å²) in [5.41, 5.74) is 0.664. The van der Waals surface area contributed by atoms with Crippen LogP contribution in [0, 0.1) is 5.92 Å². The minimum Gasteiger partial charge on any atom is -0.356 e. The van der Waals surface area contributed by atoms with E-state index in [1.807, 2.05) is 18.2 Å². The lowest BCUT2D eigenvalue weighted by molar-refractivity contribution is -0.121. The van der Waals surface area contributed by atoms with E-state index in [0.717, 1.165) is 18.9 Å². The van der Waals surface area contributed by atoms with Crippen molar-refractivity contribution < 1.29 is 4.79 Å². The molecule has 1 aromatic carbocycles. The van der Waals surface area contributed by atoms with Crippen molar-refractivity contribution in [2.45, 2.75) is 65.3 Å². The molecule has 0 unspecified atom stereocenters. The first kappa shape index (κ1) is 20.1. The topological polar surface area (TPSA) is 64.0 Å². The molecule has 0 spiro atoms. The molecule has 0 radical (unpaired) electrons. The van der Waals surface area contributed by atoms with Crippen molar-refractivity contribution in [3.8, 4) is 0 Å². The SMILES string of the molecule is CC(C)CCCCCCNC(=O)CCCn1cnc2ccccc2c1=O. The van der Waals surface area contributed by atoms with Crippen LogP contribution in [-0.4, -0.2) is 22.0 Å². The Hall–Kier alpha value is -2.17. The van der Waals surface area contributed by atoms with Crippen molar-refractivity contribution in [3.05, 3.63) is 40.9 Å². The highest BCUT2D eigenvalue weighted by atomic mass is 16.1. The lowest BCUT2D eigenvalue weighted by Crippen LogP contribution is -2.25. The van der Waals surface area contributed by atoms with Crippen molar-refractivity contribution in [3.63, 3.8) is 0 Å². The van der Waals surface area contributed by atoms with Crippen LogP contribution < -0.4 is 10.9 Å². The summed E-state index contributed by atoms with van der Waals surface area (Å²) in [6.45, 7) is 5.77. The molecule has 1 N–H and O–H groups in total. The van der Waals surface area contributed by atoms with Crippen LogP contribution in [0.25, 0.3) is 10.9 Å². The molecule has 0 aliphatic heterocycles. The van der Waals surface area contributed by atoms with Crippen LogP contribution in [-0.2, 0) is 11.3 Å². The maximum absolute atomic E-state index is 12.4. The van der Waals surface area contributed by atoms with Gasteiger partial charge in [-0.25, -0.2) is 4.98 Å². The first-order valence-corrected chi connectivity index (χ1v) is 9.79. The van der Waals surface area contributed by atoms with Gasteiger partial charge in [-0.05, 0) is 30.9 Å². The number of rotatable bonds is 11. The lowest BCUT2D eigenvalue weighted by Gasteiger charge is -2.08. The van der Waals surface area contributed by atoms with Gasteiger partial charge in [-0.3, -0.25) is 14.2 Å². The van der Waals surface area contributed by atoms with Crippen molar-refractivity contribution in [2.24, 2.45) is 5.92 Å². The number of unbranched alkanes of at least 4 members (excludes halogenated alkanes) is 3. The summed E-state index contributed by atoms with van der Waals surface area (Å²) in [5, 5.41) is 3.59. The standard InChI is InChI=1S/C21H31N3O2/c1-17(2)10-5-3-4-8-14-22-20(25)13-9-15-24-16-23-19-12-7-6-11-18(19)21(24)26/h6-7,11-12,16-17H,3-5,8-10,13-15H2,1-2H3,(H,22,25). The number of benzene rings is 1. The largest absolute Gasteiger partial charge is 0.356 e. The summed E-state index contributed by atoms with van der Waals surface area (Å²) < 4.78 is 1.59. The van der Waals surface area contributed by atoms with Crippen molar-refractivity contribution in [1.82, 2.24) is 14.9 Å². The van der Waals surface area contributed by atoms with E-state index in [1.165, 1.54) is 25.7 Å². The summed E-state index contributed by atoms with van der Waals surface area (Å²) in [5.74, 6) is 0.842. The summed E-state index contributed by atoms with van der Waals surface area (Å²) >= 11 is 0. The van der Waals surface area contributed by atoms with E-state index in [9.17, 15) is 9.59 Å². The number of para-hydroxylation sites is 1. The minimum atomic E-state index is -0.0441. The Morgan fingerprint density at radius 1 is 1.12 bits per heavy atom. The van der Waals surface area contributed by atoms with Crippen LogP contribution in [0.5, 0.6) is 0 Å². The molecule has 2 aromatic rings. The third-order valence-electron chi connectivity index (χ3n) is 4.56. The molecule has 5 heteroatoms. The Bertz CT molecular complexity index is 752. The summed E-state index contributed by atoms with van der Waals surface area (Å²) in [6.07, 6.45) is 8.66. The van der Waals surface area contributed by atoms with Gasteiger partial charge in [-0.2, -0.15) is 0 Å². The van der Waals surface area contributed by atoms with Crippen LogP contribution in [0.4, 0.5) is 0 Å². The summed E-state index contributed by atoms with van der Waals surface area (Å²) in [4.78, 5) is 28.6. The van der Waals surface area contributed by atoms with Gasteiger partial charge in [0.2, 0.25) is 5.91 Å². The van der Waals surface area contributed by atoms with Crippen LogP contribution in [0.3, 0.4) is 0 Å². The molecule has 0 bridgehead atoms. The van der Waals surface area contributed by atoms with Gasteiger partial charge in [0, 0.05) is 19.5 Å². The summed E-state index contributed by atoms with van der Waals surface area (Å²) in [7, 11) is 0. The van der Waals surface area contributed by atoms with Gasteiger partial charge in [-0.1, -0.05) is 51.7 Å². The predicted molar refractivity (Wildman–Crippen MR) is 106 cm³/mol. The second-order valence-corrected chi connectivity index (χ2v) is 7.31. The molecule has 0 saturated carbocycles. The van der Waals surface area contributed by atoms with Gasteiger partial charge in [-0.15, -0.1) is 0 Å². The Balaban J connectivity index is 1.63. The maximum Gasteiger partial charge on any atom is 0.261 e. The number of nitrogens with zero attached hydrogens (tertiary/aromatic N) is 2. The number of amides is 1. The predicted octanol–water partition coefficient (Wildman–Crippen LogP) is 3.90. The van der Waals surface area contributed by atoms with E-state index in [-0.39, 0.29) is 11.5 Å². The Labute approximate surface area is 155 Å². The van der Waals surface area contributed by atoms with E-state index < -0.39 is 0 Å². The average Bonchev–Trinajstić information content (AvgIpc) is 2.63. The quantitative estimate of drug-likeness (QED) is 0.620. The van der Waals surface area contributed by atoms with Gasteiger partial charge in [0.15, 0.2) is 0 Å². The number of carbonyl (C=O) groups excluding carboxylic acids is 1. The molecule has 0 atom stereocenters. The van der Waals surface area contributed by atoms with E-state index in [0.29, 0.717) is 30.3 Å². The monoisotopic (exact) mass is 357 g/mol. The van der Waals surface area contributed by atoms with Crippen molar-refractivity contribution in [2.75, 3.05) is 6.54 Å².